The molecule has 66 valence electrons. The third kappa shape index (κ3) is 2.47. The van der Waals surface area contributed by atoms with Crippen molar-refractivity contribution in [2.45, 2.75) is 18.7 Å². The Hall–Kier alpha value is 0.480. The molecule has 1 nitrogen and oxygen atoms in total. The standard InChI is InChI=1S/C6H8F3IO/c7-6(8,9)4-1-5(2-10)11-3-4/h4-5H,1-3H2. The average Bonchev–Trinajstić information content (AvgIpc) is 2.32. The van der Waals surface area contributed by atoms with Crippen molar-refractivity contribution in [2.24, 2.45) is 5.92 Å². The van der Waals surface area contributed by atoms with Gasteiger partial charge in [-0.2, -0.15) is 13.2 Å². The first-order chi connectivity index (χ1) is 5.04. The maximum atomic E-state index is 12.0. The van der Waals surface area contributed by atoms with Crippen molar-refractivity contribution in [3.63, 3.8) is 0 Å². The predicted octanol–water partition coefficient (Wildman–Crippen LogP) is 2.39. The van der Waals surface area contributed by atoms with E-state index < -0.39 is 12.1 Å². The van der Waals surface area contributed by atoms with E-state index in [-0.39, 0.29) is 19.1 Å². The number of rotatable bonds is 1. The van der Waals surface area contributed by atoms with Gasteiger partial charge in [0, 0.05) is 4.43 Å². The third-order valence-electron chi connectivity index (χ3n) is 1.72. The van der Waals surface area contributed by atoms with Gasteiger partial charge in [0.2, 0.25) is 0 Å². The number of alkyl halides is 4. The zero-order valence-electron chi connectivity index (χ0n) is 5.70. The van der Waals surface area contributed by atoms with Crippen molar-refractivity contribution in [1.82, 2.24) is 0 Å². The molecule has 2 atom stereocenters. The third-order valence-corrected chi connectivity index (χ3v) is 2.70. The number of halogens is 4. The molecule has 0 amide bonds. The van der Waals surface area contributed by atoms with Crippen LogP contribution in [0, 0.1) is 5.92 Å². The molecule has 0 aliphatic carbocycles. The molecule has 0 spiro atoms. The Labute approximate surface area is 76.4 Å². The molecule has 0 saturated carbocycles. The minimum absolute atomic E-state index is 0.131. The molecule has 1 heterocycles. The van der Waals surface area contributed by atoms with E-state index in [9.17, 15) is 13.2 Å². The first-order valence-electron chi connectivity index (χ1n) is 3.28. The molecule has 0 aromatic rings. The lowest BCUT2D eigenvalue weighted by Crippen LogP contribution is -2.23. The molecular formula is C6H8F3IO. The molecule has 5 heteroatoms. The van der Waals surface area contributed by atoms with E-state index in [0.29, 0.717) is 4.43 Å². The average molecular weight is 280 g/mol. The van der Waals surface area contributed by atoms with Crippen LogP contribution >= 0.6 is 22.6 Å². The Bertz CT molecular complexity index is 136. The number of ether oxygens (including phenoxy) is 1. The van der Waals surface area contributed by atoms with E-state index in [1.165, 1.54) is 0 Å². The summed E-state index contributed by atoms with van der Waals surface area (Å²) in [4.78, 5) is 0. The Balaban J connectivity index is 2.42. The summed E-state index contributed by atoms with van der Waals surface area (Å²) in [6.07, 6.45) is -4.13. The fraction of sp³-hybridized carbons (Fsp3) is 1.00. The molecule has 0 radical (unpaired) electrons. The Morgan fingerprint density at radius 2 is 2.09 bits per heavy atom. The van der Waals surface area contributed by atoms with E-state index in [1.54, 1.807) is 0 Å². The van der Waals surface area contributed by atoms with E-state index in [0.717, 1.165) is 0 Å². The molecule has 0 N–H and O–H groups in total. The van der Waals surface area contributed by atoms with Gasteiger partial charge in [-0.25, -0.2) is 0 Å². The number of hydrogen-bond acceptors (Lipinski definition) is 1. The predicted molar refractivity (Wildman–Crippen MR) is 42.8 cm³/mol. The van der Waals surface area contributed by atoms with Crippen molar-refractivity contribution < 1.29 is 17.9 Å². The lowest BCUT2D eigenvalue weighted by Gasteiger charge is -2.11. The lowest BCUT2D eigenvalue weighted by molar-refractivity contribution is -0.173. The highest BCUT2D eigenvalue weighted by Gasteiger charge is 2.44. The highest BCUT2D eigenvalue weighted by Crippen LogP contribution is 2.35. The Morgan fingerprint density at radius 1 is 1.45 bits per heavy atom. The molecule has 2 unspecified atom stereocenters. The van der Waals surface area contributed by atoms with Crippen molar-refractivity contribution in [3.8, 4) is 0 Å². The second-order valence-electron chi connectivity index (χ2n) is 2.58. The van der Waals surface area contributed by atoms with Crippen molar-refractivity contribution >= 4 is 22.6 Å². The van der Waals surface area contributed by atoms with Crippen LogP contribution in [-0.2, 0) is 4.74 Å². The SMILES string of the molecule is FC(F)(F)C1COC(CI)C1. The largest absolute Gasteiger partial charge is 0.394 e. The van der Waals surface area contributed by atoms with Crippen LogP contribution in [0.1, 0.15) is 6.42 Å². The van der Waals surface area contributed by atoms with E-state index >= 15 is 0 Å². The van der Waals surface area contributed by atoms with Gasteiger partial charge in [0.1, 0.15) is 0 Å². The second-order valence-corrected chi connectivity index (χ2v) is 3.46. The van der Waals surface area contributed by atoms with Crippen LogP contribution in [0.5, 0.6) is 0 Å². The quantitative estimate of drug-likeness (QED) is 0.529. The van der Waals surface area contributed by atoms with Crippen LogP contribution in [0.25, 0.3) is 0 Å². The van der Waals surface area contributed by atoms with Crippen molar-refractivity contribution in [2.75, 3.05) is 11.0 Å². The Morgan fingerprint density at radius 3 is 2.36 bits per heavy atom. The maximum Gasteiger partial charge on any atom is 0.394 e. The topological polar surface area (TPSA) is 9.23 Å². The lowest BCUT2D eigenvalue weighted by atomic mass is 10.1. The summed E-state index contributed by atoms with van der Waals surface area (Å²) < 4.78 is 41.5. The molecule has 1 aliphatic rings. The van der Waals surface area contributed by atoms with E-state index in [4.69, 9.17) is 4.74 Å². The van der Waals surface area contributed by atoms with Crippen LogP contribution in [0.3, 0.4) is 0 Å². The van der Waals surface area contributed by atoms with Gasteiger partial charge in [-0.1, -0.05) is 22.6 Å². The highest BCUT2D eigenvalue weighted by atomic mass is 127. The molecule has 1 fully saturated rings. The van der Waals surface area contributed by atoms with Crippen molar-refractivity contribution in [3.05, 3.63) is 0 Å². The molecule has 0 aromatic heterocycles. The van der Waals surface area contributed by atoms with Gasteiger partial charge < -0.3 is 4.74 Å². The zero-order chi connectivity index (χ0) is 8.48. The summed E-state index contributed by atoms with van der Waals surface area (Å²) >= 11 is 2.04. The van der Waals surface area contributed by atoms with Crippen LogP contribution in [0.2, 0.25) is 0 Å². The summed E-state index contributed by atoms with van der Waals surface area (Å²) in [5, 5.41) is 0. The van der Waals surface area contributed by atoms with Crippen molar-refractivity contribution in [1.29, 1.82) is 0 Å². The van der Waals surface area contributed by atoms with Crippen LogP contribution in [0.4, 0.5) is 13.2 Å². The van der Waals surface area contributed by atoms with Gasteiger partial charge in [0.25, 0.3) is 0 Å². The monoisotopic (exact) mass is 280 g/mol. The van der Waals surface area contributed by atoms with Crippen LogP contribution < -0.4 is 0 Å². The summed E-state index contributed by atoms with van der Waals surface area (Å²) in [5.41, 5.74) is 0. The molecule has 1 saturated heterocycles. The molecular weight excluding hydrogens is 272 g/mol. The fourth-order valence-corrected chi connectivity index (χ4v) is 1.66. The summed E-state index contributed by atoms with van der Waals surface area (Å²) in [5.74, 6) is -1.23. The molecule has 1 rings (SSSR count). The highest BCUT2D eigenvalue weighted by molar-refractivity contribution is 14.1. The zero-order valence-corrected chi connectivity index (χ0v) is 7.85. The number of hydrogen-bond donors (Lipinski definition) is 0. The minimum atomic E-state index is -4.07. The van der Waals surface area contributed by atoms with Gasteiger partial charge in [0.05, 0.1) is 18.6 Å². The Kier molecular flexibility index (Phi) is 3.02. The van der Waals surface area contributed by atoms with Gasteiger partial charge in [0.15, 0.2) is 0 Å². The summed E-state index contributed by atoms with van der Waals surface area (Å²) in [7, 11) is 0. The first-order valence-corrected chi connectivity index (χ1v) is 4.81. The van der Waals surface area contributed by atoms with Crippen LogP contribution in [0.15, 0.2) is 0 Å². The van der Waals surface area contributed by atoms with E-state index in [2.05, 4.69) is 0 Å². The first kappa shape index (κ1) is 9.57. The van der Waals surface area contributed by atoms with Crippen LogP contribution in [-0.4, -0.2) is 23.3 Å². The van der Waals surface area contributed by atoms with Gasteiger partial charge in [-0.3, -0.25) is 0 Å². The fourth-order valence-electron chi connectivity index (χ4n) is 1.04. The van der Waals surface area contributed by atoms with Gasteiger partial charge >= 0.3 is 6.18 Å². The summed E-state index contributed by atoms with van der Waals surface area (Å²) in [6.45, 7) is -0.156. The summed E-state index contributed by atoms with van der Waals surface area (Å²) in [6, 6.07) is 0. The van der Waals surface area contributed by atoms with E-state index in [1.807, 2.05) is 22.6 Å². The molecule has 0 bridgehead atoms. The molecule has 1 aliphatic heterocycles. The molecule has 11 heavy (non-hydrogen) atoms. The van der Waals surface area contributed by atoms with Gasteiger partial charge in [-0.15, -0.1) is 0 Å². The molecule has 0 aromatic carbocycles. The minimum Gasteiger partial charge on any atom is -0.377 e. The smallest absolute Gasteiger partial charge is 0.377 e. The van der Waals surface area contributed by atoms with Gasteiger partial charge in [-0.05, 0) is 6.42 Å². The maximum absolute atomic E-state index is 12.0. The second kappa shape index (κ2) is 3.47. The normalized spacial score (nSPS) is 32.7.